The molecule has 7 N–H and O–H groups in total. The van der Waals surface area contributed by atoms with E-state index >= 15 is 0 Å². The molecule has 0 fully saturated rings. The molecule has 9 nitrogen and oxygen atoms in total. The van der Waals surface area contributed by atoms with E-state index in [-0.39, 0.29) is 23.1 Å². The Bertz CT molecular complexity index is 981. The average molecular weight is 436 g/mol. The molecule has 0 bridgehead atoms. The van der Waals surface area contributed by atoms with E-state index in [0.717, 1.165) is 17.2 Å². The molecule has 3 rings (SSSR count). The van der Waals surface area contributed by atoms with Crippen molar-refractivity contribution in [3.05, 3.63) is 64.4 Å². The largest absolute Gasteiger partial charge is 0.483 e. The standard InChI is InChI=1S/C18H17ClFN5O2.CH2O2/c19-12-6-5-10(8-13(12)20)23-16(26)17(27)25-15-11-4-2-1-3-9(11)7-14(15)24-18(21)22;2-1-3/h1-6,8,14-15H,7H2,(H,23,26)(H,25,27)(H4,21,22,24);1H,(H,2,3)/t14-,15+;/m1./s1. The number of nitrogens with zero attached hydrogens (tertiary/aromatic N) is 1. The Balaban J connectivity index is 0.00000101. The predicted molar refractivity (Wildman–Crippen MR) is 109 cm³/mol. The van der Waals surface area contributed by atoms with E-state index in [1.54, 1.807) is 0 Å². The van der Waals surface area contributed by atoms with E-state index in [1.807, 2.05) is 24.3 Å². The minimum absolute atomic E-state index is 0.0833. The number of benzene rings is 2. The van der Waals surface area contributed by atoms with Crippen LogP contribution in [-0.4, -0.2) is 35.4 Å². The van der Waals surface area contributed by atoms with Gasteiger partial charge in [0.2, 0.25) is 0 Å². The molecule has 0 aliphatic heterocycles. The lowest BCUT2D eigenvalue weighted by atomic mass is 10.1. The molecule has 0 unspecified atom stereocenters. The van der Waals surface area contributed by atoms with E-state index in [9.17, 15) is 14.0 Å². The number of carbonyl (C=O) groups excluding carboxylic acids is 2. The summed E-state index contributed by atoms with van der Waals surface area (Å²) in [6.45, 7) is -0.250. The Morgan fingerprint density at radius 2 is 1.87 bits per heavy atom. The normalized spacial score (nSPS) is 16.3. The summed E-state index contributed by atoms with van der Waals surface area (Å²) < 4.78 is 13.5. The number of rotatable bonds is 3. The topological polar surface area (TPSA) is 160 Å². The van der Waals surface area contributed by atoms with Crippen molar-refractivity contribution in [2.45, 2.75) is 18.5 Å². The smallest absolute Gasteiger partial charge is 0.313 e. The number of carbonyl (C=O) groups is 3. The molecule has 158 valence electrons. The minimum atomic E-state index is -0.940. The quantitative estimate of drug-likeness (QED) is 0.210. The van der Waals surface area contributed by atoms with Crippen LogP contribution in [0.25, 0.3) is 0 Å². The van der Waals surface area contributed by atoms with Gasteiger partial charge in [-0.15, -0.1) is 0 Å². The van der Waals surface area contributed by atoms with Crippen LogP contribution in [0.4, 0.5) is 10.1 Å². The number of halogens is 2. The summed E-state index contributed by atoms with van der Waals surface area (Å²) in [5, 5.41) is 11.8. The maximum atomic E-state index is 13.5. The third-order valence-electron chi connectivity index (χ3n) is 4.19. The van der Waals surface area contributed by atoms with Gasteiger partial charge < -0.3 is 27.2 Å². The number of guanidine groups is 1. The molecule has 2 atom stereocenters. The highest BCUT2D eigenvalue weighted by Crippen LogP contribution is 2.33. The van der Waals surface area contributed by atoms with Gasteiger partial charge in [-0.05, 0) is 35.7 Å². The lowest BCUT2D eigenvalue weighted by Gasteiger charge is -2.19. The van der Waals surface area contributed by atoms with Crippen molar-refractivity contribution < 1.29 is 23.9 Å². The predicted octanol–water partition coefficient (Wildman–Crippen LogP) is 1.17. The first-order valence-corrected chi connectivity index (χ1v) is 8.96. The first-order chi connectivity index (χ1) is 14.3. The Kier molecular flexibility index (Phi) is 7.70. The molecule has 2 aromatic carbocycles. The summed E-state index contributed by atoms with van der Waals surface area (Å²) >= 11 is 5.60. The number of amides is 2. The molecular formula is C19H19ClFN5O4. The number of carboxylic acid groups (broad SMARTS) is 1. The number of nitrogens with one attached hydrogen (secondary N) is 2. The zero-order valence-electron chi connectivity index (χ0n) is 15.5. The lowest BCUT2D eigenvalue weighted by molar-refractivity contribution is -0.136. The van der Waals surface area contributed by atoms with Crippen molar-refractivity contribution in [3.8, 4) is 0 Å². The van der Waals surface area contributed by atoms with Gasteiger partial charge in [-0.25, -0.2) is 9.38 Å². The minimum Gasteiger partial charge on any atom is -0.483 e. The number of fused-ring (bicyclic) bond motifs is 1. The molecule has 0 spiro atoms. The van der Waals surface area contributed by atoms with Gasteiger partial charge >= 0.3 is 11.8 Å². The van der Waals surface area contributed by atoms with Crippen molar-refractivity contribution >= 4 is 41.5 Å². The third-order valence-corrected chi connectivity index (χ3v) is 4.50. The first-order valence-electron chi connectivity index (χ1n) is 8.58. The fraction of sp³-hybridized carbons (Fsp3) is 0.158. The Morgan fingerprint density at radius 1 is 1.20 bits per heavy atom. The van der Waals surface area contributed by atoms with Crippen LogP contribution >= 0.6 is 11.6 Å². The highest BCUT2D eigenvalue weighted by Gasteiger charge is 2.34. The van der Waals surface area contributed by atoms with Crippen LogP contribution in [0.15, 0.2) is 47.5 Å². The maximum Gasteiger partial charge on any atom is 0.313 e. The van der Waals surface area contributed by atoms with Gasteiger partial charge in [0.05, 0.1) is 17.1 Å². The molecule has 0 saturated heterocycles. The van der Waals surface area contributed by atoms with Gasteiger partial charge in [0.25, 0.3) is 6.47 Å². The number of aliphatic imine (C=N–C) groups is 1. The summed E-state index contributed by atoms with van der Waals surface area (Å²) in [6.07, 6.45) is 0.531. The number of anilines is 1. The van der Waals surface area contributed by atoms with Crippen LogP contribution < -0.4 is 22.1 Å². The van der Waals surface area contributed by atoms with Crippen molar-refractivity contribution in [3.63, 3.8) is 0 Å². The highest BCUT2D eigenvalue weighted by molar-refractivity contribution is 6.39. The zero-order chi connectivity index (χ0) is 22.3. The molecular weight excluding hydrogens is 417 g/mol. The van der Waals surface area contributed by atoms with E-state index in [0.29, 0.717) is 6.42 Å². The van der Waals surface area contributed by atoms with Crippen LogP contribution in [-0.2, 0) is 20.8 Å². The van der Waals surface area contributed by atoms with E-state index in [2.05, 4.69) is 15.6 Å². The van der Waals surface area contributed by atoms with Crippen LogP contribution in [0.5, 0.6) is 0 Å². The van der Waals surface area contributed by atoms with Gasteiger partial charge in [-0.1, -0.05) is 35.9 Å². The first kappa shape index (κ1) is 22.6. The lowest BCUT2D eigenvalue weighted by Crippen LogP contribution is -2.41. The Morgan fingerprint density at radius 3 is 2.50 bits per heavy atom. The molecule has 1 aliphatic carbocycles. The SMILES string of the molecule is NC(N)=N[C@@H]1Cc2ccccc2[C@@H]1NC(=O)C(=O)Nc1ccc(Cl)c(F)c1.O=CO. The average Bonchev–Trinajstić information content (AvgIpc) is 3.02. The molecule has 11 heteroatoms. The van der Waals surface area contributed by atoms with E-state index < -0.39 is 29.7 Å². The fourth-order valence-corrected chi connectivity index (χ4v) is 3.15. The molecule has 2 aromatic rings. The van der Waals surface area contributed by atoms with Crippen molar-refractivity contribution in [2.24, 2.45) is 16.5 Å². The van der Waals surface area contributed by atoms with Gasteiger partial charge in [0.15, 0.2) is 5.96 Å². The van der Waals surface area contributed by atoms with Crippen LogP contribution in [0.2, 0.25) is 5.02 Å². The fourth-order valence-electron chi connectivity index (χ4n) is 3.03. The van der Waals surface area contributed by atoms with Gasteiger partial charge in [0.1, 0.15) is 5.82 Å². The number of nitrogens with two attached hydrogens (primary N) is 2. The third kappa shape index (κ3) is 5.67. The molecule has 0 radical (unpaired) electrons. The number of hydrogen-bond donors (Lipinski definition) is 5. The zero-order valence-corrected chi connectivity index (χ0v) is 16.3. The Labute approximate surface area is 175 Å². The second-order valence-electron chi connectivity index (χ2n) is 6.16. The molecule has 0 saturated carbocycles. The van der Waals surface area contributed by atoms with Crippen molar-refractivity contribution in [2.75, 3.05) is 5.32 Å². The van der Waals surface area contributed by atoms with Crippen LogP contribution in [0.1, 0.15) is 17.2 Å². The van der Waals surface area contributed by atoms with Crippen molar-refractivity contribution in [1.29, 1.82) is 0 Å². The van der Waals surface area contributed by atoms with E-state index in [1.165, 1.54) is 12.1 Å². The van der Waals surface area contributed by atoms with Gasteiger partial charge in [-0.2, -0.15) is 0 Å². The number of hydrogen-bond acceptors (Lipinski definition) is 4. The maximum absolute atomic E-state index is 13.5. The van der Waals surface area contributed by atoms with Gasteiger partial charge in [0, 0.05) is 5.69 Å². The summed E-state index contributed by atoms with van der Waals surface area (Å²) in [6, 6.07) is 10.2. The summed E-state index contributed by atoms with van der Waals surface area (Å²) in [7, 11) is 0. The van der Waals surface area contributed by atoms with Gasteiger partial charge in [-0.3, -0.25) is 14.4 Å². The molecule has 2 amide bonds. The molecule has 30 heavy (non-hydrogen) atoms. The monoisotopic (exact) mass is 435 g/mol. The second kappa shape index (κ2) is 10.2. The Hall–Kier alpha value is -3.66. The second-order valence-corrected chi connectivity index (χ2v) is 6.57. The van der Waals surface area contributed by atoms with E-state index in [4.69, 9.17) is 33.0 Å². The van der Waals surface area contributed by atoms with Crippen LogP contribution in [0, 0.1) is 5.82 Å². The molecule has 0 heterocycles. The molecule has 1 aliphatic rings. The van der Waals surface area contributed by atoms with Crippen LogP contribution in [0.3, 0.4) is 0 Å². The van der Waals surface area contributed by atoms with Crippen molar-refractivity contribution in [1.82, 2.24) is 5.32 Å². The molecule has 0 aromatic heterocycles. The highest BCUT2D eigenvalue weighted by atomic mass is 35.5. The summed E-state index contributed by atoms with van der Waals surface area (Å²) in [5.41, 5.74) is 12.9. The summed E-state index contributed by atoms with van der Waals surface area (Å²) in [4.78, 5) is 37.0. The summed E-state index contributed by atoms with van der Waals surface area (Å²) in [5.74, 6) is -2.63.